The van der Waals surface area contributed by atoms with Gasteiger partial charge in [-0.3, -0.25) is 24.2 Å². The number of furan rings is 2. The highest BCUT2D eigenvalue weighted by atomic mass is 19.4. The molecular formula is C52H52F3N5O6. The molecule has 2 unspecified atom stereocenters. The summed E-state index contributed by atoms with van der Waals surface area (Å²) in [5, 5.41) is 11.5. The van der Waals surface area contributed by atoms with E-state index >= 15 is 0 Å². The molecule has 3 aromatic heterocycles. The van der Waals surface area contributed by atoms with E-state index in [1.54, 1.807) is 48.7 Å². The third-order valence-electron chi connectivity index (χ3n) is 12.8. The van der Waals surface area contributed by atoms with Crippen LogP contribution in [0.3, 0.4) is 0 Å². The number of aromatic nitrogens is 1. The molecule has 3 heterocycles. The number of hydrogen-bond acceptors (Lipinski definition) is 7. The van der Waals surface area contributed by atoms with Gasteiger partial charge in [0.25, 0.3) is 11.8 Å². The predicted octanol–water partition coefficient (Wildman–Crippen LogP) is 10.4. The Morgan fingerprint density at radius 1 is 0.621 bits per heavy atom. The molecule has 66 heavy (non-hydrogen) atoms. The SMILES string of the molecule is CNC(=O)C(NC(=O)c1oc(-c2ccc(-c3ccc(C(F)(F)F)cc3)cc2)cc1CNC(=O)C(NC(=O)c1ccc(-c2ccc(-c3ccccc3)cn2)o1)C1CCCCC1)C1CCCCC1. The number of nitrogens with one attached hydrogen (secondary N) is 4. The molecule has 2 aliphatic rings. The Balaban J connectivity index is 1.02. The van der Waals surface area contributed by atoms with Gasteiger partial charge in [-0.15, -0.1) is 0 Å². The van der Waals surface area contributed by atoms with Crippen molar-refractivity contribution in [2.75, 3.05) is 7.05 Å². The number of halogens is 3. The van der Waals surface area contributed by atoms with Crippen LogP contribution in [0.5, 0.6) is 0 Å². The Bertz CT molecular complexity index is 2610. The summed E-state index contributed by atoms with van der Waals surface area (Å²) >= 11 is 0. The molecule has 2 atom stereocenters. The lowest BCUT2D eigenvalue weighted by atomic mass is 9.83. The number of hydrogen-bond donors (Lipinski definition) is 4. The molecule has 0 radical (unpaired) electrons. The molecule has 0 saturated heterocycles. The van der Waals surface area contributed by atoms with Crippen molar-refractivity contribution in [1.29, 1.82) is 0 Å². The minimum atomic E-state index is -4.45. The van der Waals surface area contributed by atoms with Crippen molar-refractivity contribution in [3.05, 3.63) is 138 Å². The molecule has 4 amide bonds. The molecule has 11 nitrogen and oxygen atoms in total. The van der Waals surface area contributed by atoms with E-state index < -0.39 is 41.5 Å². The molecule has 8 rings (SSSR count). The fourth-order valence-electron chi connectivity index (χ4n) is 9.11. The zero-order valence-corrected chi connectivity index (χ0v) is 36.6. The van der Waals surface area contributed by atoms with E-state index in [2.05, 4.69) is 26.3 Å². The highest BCUT2D eigenvalue weighted by Crippen LogP contribution is 2.34. The predicted molar refractivity (Wildman–Crippen MR) is 244 cm³/mol. The Hall–Kier alpha value is -6.96. The highest BCUT2D eigenvalue weighted by Gasteiger charge is 2.35. The molecular weight excluding hydrogens is 848 g/mol. The van der Waals surface area contributed by atoms with Crippen LogP contribution in [0, 0.1) is 11.8 Å². The van der Waals surface area contributed by atoms with Crippen LogP contribution in [-0.4, -0.2) is 47.7 Å². The average Bonchev–Trinajstić information content (AvgIpc) is 4.04. The summed E-state index contributed by atoms with van der Waals surface area (Å²) in [4.78, 5) is 60.0. The van der Waals surface area contributed by atoms with Gasteiger partial charge in [0.05, 0.1) is 5.56 Å². The fourth-order valence-corrected chi connectivity index (χ4v) is 9.11. The molecule has 342 valence electrons. The number of nitrogens with zero attached hydrogens (tertiary/aromatic N) is 1. The van der Waals surface area contributed by atoms with Gasteiger partial charge in [0.2, 0.25) is 11.8 Å². The quantitative estimate of drug-likeness (QED) is 0.0848. The summed E-state index contributed by atoms with van der Waals surface area (Å²) in [6.45, 7) is -0.141. The van der Waals surface area contributed by atoms with E-state index in [4.69, 9.17) is 8.83 Å². The first-order chi connectivity index (χ1) is 31.9. The number of carbonyl (C=O) groups is 4. The minimum absolute atomic E-state index is 0.0268. The molecule has 3 aromatic carbocycles. The number of alkyl halides is 3. The largest absolute Gasteiger partial charge is 0.451 e. The Kier molecular flexibility index (Phi) is 14.1. The van der Waals surface area contributed by atoms with Gasteiger partial charge < -0.3 is 30.1 Å². The normalized spacial score (nSPS) is 15.6. The second-order valence-electron chi connectivity index (χ2n) is 17.1. The average molecular weight is 900 g/mol. The molecule has 14 heteroatoms. The molecule has 2 saturated carbocycles. The summed E-state index contributed by atoms with van der Waals surface area (Å²) < 4.78 is 51.9. The van der Waals surface area contributed by atoms with Crippen LogP contribution < -0.4 is 21.3 Å². The molecule has 0 bridgehead atoms. The highest BCUT2D eigenvalue weighted by molar-refractivity contribution is 5.98. The van der Waals surface area contributed by atoms with Crippen molar-refractivity contribution in [1.82, 2.24) is 26.3 Å². The molecule has 6 aromatic rings. The lowest BCUT2D eigenvalue weighted by Gasteiger charge is -2.30. The lowest BCUT2D eigenvalue weighted by molar-refractivity contribution is -0.137. The van der Waals surface area contributed by atoms with Gasteiger partial charge in [-0.1, -0.05) is 111 Å². The van der Waals surface area contributed by atoms with Gasteiger partial charge in [0.1, 0.15) is 23.5 Å². The van der Waals surface area contributed by atoms with E-state index in [1.165, 1.54) is 19.2 Å². The van der Waals surface area contributed by atoms with Crippen molar-refractivity contribution >= 4 is 23.6 Å². The minimum Gasteiger partial charge on any atom is -0.451 e. The van der Waals surface area contributed by atoms with Crippen molar-refractivity contribution in [2.24, 2.45) is 11.8 Å². The van der Waals surface area contributed by atoms with Gasteiger partial charge in [0, 0.05) is 36.5 Å². The van der Waals surface area contributed by atoms with E-state index in [0.29, 0.717) is 39.5 Å². The van der Waals surface area contributed by atoms with Crippen LogP contribution in [0.15, 0.2) is 124 Å². The lowest BCUT2D eigenvalue weighted by Crippen LogP contribution is -2.51. The first-order valence-corrected chi connectivity index (χ1v) is 22.6. The topological polar surface area (TPSA) is 156 Å². The number of rotatable bonds is 14. The standard InChI is InChI=1S/C52H52F3N5O6/c1-56-49(62)45(36-13-7-3-8-14-36)60-51(64)47-39(29-44(66-47)35-19-17-33(18-20-35)34-21-24-40(25-22-34)52(53,54)55)31-58-50(63)46(37-15-9-4-10-16-37)59-48(61)43-28-27-42(65-43)41-26-23-38(30-57-41)32-11-5-2-6-12-32/h2,5-6,11-12,17-30,36-37,45-46H,3-4,7-10,13-16,31H2,1H3,(H,56,62)(H,58,63)(H,59,61)(H,60,64). The third-order valence-corrected chi connectivity index (χ3v) is 12.8. The van der Waals surface area contributed by atoms with Gasteiger partial charge in [-0.05, 0) is 90.6 Å². The molecule has 0 aliphatic heterocycles. The summed E-state index contributed by atoms with van der Waals surface area (Å²) in [6.07, 6.45) is 6.08. The van der Waals surface area contributed by atoms with E-state index in [0.717, 1.165) is 87.5 Å². The van der Waals surface area contributed by atoms with Gasteiger partial charge in [-0.2, -0.15) is 13.2 Å². The third kappa shape index (κ3) is 10.8. The fraction of sp³-hybridized carbons (Fsp3) is 0.327. The van der Waals surface area contributed by atoms with Gasteiger partial charge in [-0.25, -0.2) is 0 Å². The maximum absolute atomic E-state index is 14.3. The molecule has 2 fully saturated rings. The van der Waals surface area contributed by atoms with Crippen LogP contribution >= 0.6 is 0 Å². The van der Waals surface area contributed by atoms with Crippen LogP contribution in [0.1, 0.15) is 96.4 Å². The van der Waals surface area contributed by atoms with Gasteiger partial charge >= 0.3 is 6.18 Å². The van der Waals surface area contributed by atoms with Gasteiger partial charge in [0.15, 0.2) is 17.3 Å². The summed E-state index contributed by atoms with van der Waals surface area (Å²) in [5.74, 6) is -1.53. The second-order valence-corrected chi connectivity index (χ2v) is 17.1. The Morgan fingerprint density at radius 3 is 1.77 bits per heavy atom. The van der Waals surface area contributed by atoms with E-state index in [9.17, 15) is 32.3 Å². The number of benzene rings is 3. The number of likely N-dealkylation sites (N-methyl/N-ethyl adjacent to an activating group) is 1. The van der Waals surface area contributed by atoms with Crippen LogP contribution in [0.2, 0.25) is 0 Å². The van der Waals surface area contributed by atoms with E-state index in [-0.39, 0.29) is 35.8 Å². The van der Waals surface area contributed by atoms with Crippen LogP contribution in [0.4, 0.5) is 13.2 Å². The number of pyridine rings is 1. The summed E-state index contributed by atoms with van der Waals surface area (Å²) in [5.41, 5.74) is 3.92. The maximum Gasteiger partial charge on any atom is 0.416 e. The van der Waals surface area contributed by atoms with Crippen molar-refractivity contribution in [3.8, 4) is 45.0 Å². The van der Waals surface area contributed by atoms with Crippen molar-refractivity contribution < 1.29 is 41.2 Å². The maximum atomic E-state index is 14.3. The van der Waals surface area contributed by atoms with Crippen LogP contribution in [0.25, 0.3) is 45.0 Å². The zero-order valence-electron chi connectivity index (χ0n) is 36.6. The molecule has 2 aliphatic carbocycles. The summed E-state index contributed by atoms with van der Waals surface area (Å²) in [7, 11) is 1.53. The monoisotopic (exact) mass is 899 g/mol. The smallest absolute Gasteiger partial charge is 0.416 e. The zero-order chi connectivity index (χ0) is 46.2. The number of carbonyl (C=O) groups excluding carboxylic acids is 4. The Labute approximate surface area is 381 Å². The second kappa shape index (κ2) is 20.5. The van der Waals surface area contributed by atoms with E-state index in [1.807, 2.05) is 42.5 Å². The van der Waals surface area contributed by atoms with Crippen LogP contribution in [-0.2, 0) is 22.3 Å². The first-order valence-electron chi connectivity index (χ1n) is 22.6. The number of amides is 4. The van der Waals surface area contributed by atoms with Crippen molar-refractivity contribution in [2.45, 2.75) is 89.0 Å². The van der Waals surface area contributed by atoms with Crippen molar-refractivity contribution in [3.63, 3.8) is 0 Å². The molecule has 0 spiro atoms. The Morgan fingerprint density at radius 2 is 1.18 bits per heavy atom. The first kappa shape index (κ1) is 45.6. The molecule has 4 N–H and O–H groups in total. The summed E-state index contributed by atoms with van der Waals surface area (Å²) in [6, 6.07) is 28.6.